The maximum Gasteiger partial charge on any atom is 0.230 e. The van der Waals surface area contributed by atoms with Gasteiger partial charge in [0.15, 0.2) is 0 Å². The largest absolute Gasteiger partial charge is 0.493 e. The molecule has 2 amide bonds. The van der Waals surface area contributed by atoms with Gasteiger partial charge in [0, 0.05) is 51.1 Å². The zero-order valence-corrected chi connectivity index (χ0v) is 21.2. The van der Waals surface area contributed by atoms with Crippen molar-refractivity contribution < 1.29 is 14.3 Å². The SMILES string of the molecule is CC[C@H](C(=O)N1CCC[C@@](COc2ccccc2)(CC(=O)N2CCN(C)CC2)C1)c1ccccc1. The Kier molecular flexibility index (Phi) is 8.45. The number of ether oxygens (including phenoxy) is 1. The molecule has 2 heterocycles. The molecule has 2 atom stereocenters. The van der Waals surface area contributed by atoms with E-state index in [9.17, 15) is 9.59 Å². The standard InChI is InChI=1S/C29H39N3O3/c1-3-26(24-11-6-4-7-12-24)28(34)32-16-10-15-29(22-32,23-35-25-13-8-5-9-14-25)21-27(33)31-19-17-30(2)18-20-31/h4-9,11-14,26H,3,10,15-23H2,1-2H3/t26-,29+/m0/s1. The molecule has 2 aromatic carbocycles. The van der Waals surface area contributed by atoms with Gasteiger partial charge in [0.25, 0.3) is 0 Å². The summed E-state index contributed by atoms with van der Waals surface area (Å²) >= 11 is 0. The average Bonchev–Trinajstić information content (AvgIpc) is 2.90. The molecule has 188 valence electrons. The normalized spacial score (nSPS) is 22.0. The fraction of sp³-hybridized carbons (Fsp3) is 0.517. The van der Waals surface area contributed by atoms with Crippen LogP contribution >= 0.6 is 0 Å². The van der Waals surface area contributed by atoms with E-state index in [1.165, 1.54) is 0 Å². The van der Waals surface area contributed by atoms with E-state index in [4.69, 9.17) is 4.74 Å². The van der Waals surface area contributed by atoms with Crippen molar-refractivity contribution in [3.63, 3.8) is 0 Å². The second kappa shape index (κ2) is 11.7. The summed E-state index contributed by atoms with van der Waals surface area (Å²) in [5, 5.41) is 0. The van der Waals surface area contributed by atoms with Gasteiger partial charge in [0.1, 0.15) is 5.75 Å². The zero-order valence-electron chi connectivity index (χ0n) is 21.2. The first-order valence-corrected chi connectivity index (χ1v) is 13.0. The monoisotopic (exact) mass is 477 g/mol. The van der Waals surface area contributed by atoms with Gasteiger partial charge in [-0.25, -0.2) is 0 Å². The third-order valence-electron chi connectivity index (χ3n) is 7.55. The fourth-order valence-electron chi connectivity index (χ4n) is 5.41. The van der Waals surface area contributed by atoms with Crippen LogP contribution in [0.3, 0.4) is 0 Å². The van der Waals surface area contributed by atoms with Gasteiger partial charge in [-0.1, -0.05) is 55.5 Å². The van der Waals surface area contributed by atoms with Crippen LogP contribution in [0, 0.1) is 5.41 Å². The number of rotatable bonds is 8. The molecule has 0 saturated carbocycles. The Morgan fingerprint density at radius 2 is 1.57 bits per heavy atom. The van der Waals surface area contributed by atoms with Crippen LogP contribution in [-0.4, -0.2) is 79.4 Å². The molecule has 2 aromatic rings. The Balaban J connectivity index is 1.52. The van der Waals surface area contributed by atoms with Crippen LogP contribution in [-0.2, 0) is 9.59 Å². The van der Waals surface area contributed by atoms with Crippen molar-refractivity contribution in [3.8, 4) is 5.75 Å². The predicted octanol–water partition coefficient (Wildman–Crippen LogP) is 4.03. The van der Waals surface area contributed by atoms with Gasteiger partial charge >= 0.3 is 0 Å². The second-order valence-electron chi connectivity index (χ2n) is 10.2. The van der Waals surface area contributed by atoms with E-state index < -0.39 is 0 Å². The molecule has 6 nitrogen and oxygen atoms in total. The van der Waals surface area contributed by atoms with Gasteiger partial charge in [0.05, 0.1) is 12.5 Å². The molecule has 2 saturated heterocycles. The highest BCUT2D eigenvalue weighted by molar-refractivity contribution is 5.84. The Hall–Kier alpha value is -2.86. The molecule has 4 rings (SSSR count). The van der Waals surface area contributed by atoms with E-state index in [-0.39, 0.29) is 23.1 Å². The minimum atomic E-state index is -0.390. The van der Waals surface area contributed by atoms with Crippen LogP contribution in [0.4, 0.5) is 0 Å². The van der Waals surface area contributed by atoms with Crippen molar-refractivity contribution in [2.24, 2.45) is 5.41 Å². The number of hydrogen-bond acceptors (Lipinski definition) is 4. The average molecular weight is 478 g/mol. The van der Waals surface area contributed by atoms with Crippen molar-refractivity contribution in [1.82, 2.24) is 14.7 Å². The van der Waals surface area contributed by atoms with Crippen LogP contribution in [0.1, 0.15) is 44.1 Å². The topological polar surface area (TPSA) is 53.1 Å². The minimum absolute atomic E-state index is 0.157. The number of carbonyl (C=O) groups excluding carboxylic acids is 2. The van der Waals surface area contributed by atoms with Gasteiger partial charge in [0.2, 0.25) is 11.8 Å². The first-order chi connectivity index (χ1) is 17.0. The highest BCUT2D eigenvalue weighted by Crippen LogP contribution is 2.37. The maximum atomic E-state index is 13.7. The number of para-hydroxylation sites is 1. The van der Waals surface area contributed by atoms with E-state index in [0.717, 1.165) is 63.3 Å². The molecule has 2 aliphatic rings. The van der Waals surface area contributed by atoms with Gasteiger partial charge in [-0.15, -0.1) is 0 Å². The van der Waals surface area contributed by atoms with Crippen LogP contribution in [0.25, 0.3) is 0 Å². The molecular formula is C29H39N3O3. The summed E-state index contributed by atoms with van der Waals surface area (Å²) in [4.78, 5) is 33.4. The lowest BCUT2D eigenvalue weighted by Gasteiger charge is -2.44. The number of likely N-dealkylation sites (tertiary alicyclic amines) is 1. The lowest BCUT2D eigenvalue weighted by Crippen LogP contribution is -2.53. The minimum Gasteiger partial charge on any atom is -0.493 e. The first kappa shape index (κ1) is 25.2. The van der Waals surface area contributed by atoms with E-state index in [0.29, 0.717) is 19.6 Å². The first-order valence-electron chi connectivity index (χ1n) is 13.0. The van der Waals surface area contributed by atoms with Crippen molar-refractivity contribution in [3.05, 3.63) is 66.2 Å². The molecular weight excluding hydrogens is 438 g/mol. The quantitative estimate of drug-likeness (QED) is 0.576. The predicted molar refractivity (Wildman–Crippen MR) is 138 cm³/mol. The summed E-state index contributed by atoms with van der Waals surface area (Å²) in [5.74, 6) is 0.988. The van der Waals surface area contributed by atoms with Gasteiger partial charge in [-0.2, -0.15) is 0 Å². The summed E-state index contributed by atoms with van der Waals surface area (Å²) in [6.07, 6.45) is 2.93. The number of piperazine rings is 1. The van der Waals surface area contributed by atoms with Crippen LogP contribution in [0.15, 0.2) is 60.7 Å². The van der Waals surface area contributed by atoms with Crippen molar-refractivity contribution >= 4 is 11.8 Å². The van der Waals surface area contributed by atoms with E-state index in [1.807, 2.05) is 70.5 Å². The van der Waals surface area contributed by atoms with E-state index >= 15 is 0 Å². The molecule has 6 heteroatoms. The number of likely N-dealkylation sites (N-methyl/N-ethyl adjacent to an activating group) is 1. The summed E-state index contributed by atoms with van der Waals surface area (Å²) in [6, 6.07) is 19.8. The maximum absolute atomic E-state index is 13.7. The molecule has 0 radical (unpaired) electrons. The molecule has 35 heavy (non-hydrogen) atoms. The highest BCUT2D eigenvalue weighted by Gasteiger charge is 2.42. The summed E-state index contributed by atoms with van der Waals surface area (Å²) in [5.41, 5.74) is 0.671. The van der Waals surface area contributed by atoms with Gasteiger partial charge in [-0.3, -0.25) is 9.59 Å². The number of amides is 2. The zero-order chi connectivity index (χ0) is 24.7. The molecule has 0 aliphatic carbocycles. The third-order valence-corrected chi connectivity index (χ3v) is 7.55. The van der Waals surface area contributed by atoms with E-state index in [1.54, 1.807) is 0 Å². The van der Waals surface area contributed by atoms with E-state index in [2.05, 4.69) is 18.9 Å². The molecule has 2 fully saturated rings. The summed E-state index contributed by atoms with van der Waals surface area (Å²) in [6.45, 7) is 7.13. The van der Waals surface area contributed by atoms with Crippen molar-refractivity contribution in [1.29, 1.82) is 0 Å². The molecule has 0 aromatic heterocycles. The Bertz CT molecular complexity index is 960. The molecule has 0 bridgehead atoms. The summed E-state index contributed by atoms with van der Waals surface area (Å²) in [7, 11) is 2.10. The Morgan fingerprint density at radius 3 is 2.23 bits per heavy atom. The number of benzene rings is 2. The van der Waals surface area contributed by atoms with Gasteiger partial charge < -0.3 is 19.4 Å². The lowest BCUT2D eigenvalue weighted by molar-refractivity contribution is -0.143. The highest BCUT2D eigenvalue weighted by atomic mass is 16.5. The number of piperidine rings is 1. The smallest absolute Gasteiger partial charge is 0.230 e. The van der Waals surface area contributed by atoms with Crippen LogP contribution in [0.2, 0.25) is 0 Å². The lowest BCUT2D eigenvalue weighted by atomic mass is 9.76. The van der Waals surface area contributed by atoms with Crippen molar-refractivity contribution in [2.75, 3.05) is 52.9 Å². The fourth-order valence-corrected chi connectivity index (χ4v) is 5.41. The van der Waals surface area contributed by atoms with Crippen LogP contribution in [0.5, 0.6) is 5.75 Å². The number of carbonyl (C=O) groups is 2. The number of hydrogen-bond donors (Lipinski definition) is 0. The molecule has 0 N–H and O–H groups in total. The summed E-state index contributed by atoms with van der Waals surface area (Å²) < 4.78 is 6.24. The van der Waals surface area contributed by atoms with Gasteiger partial charge in [-0.05, 0) is 44.0 Å². The molecule has 0 spiro atoms. The molecule has 0 unspecified atom stereocenters. The Labute approximate surface area is 209 Å². The van der Waals surface area contributed by atoms with Crippen molar-refractivity contribution in [2.45, 2.75) is 38.5 Å². The third kappa shape index (κ3) is 6.43. The van der Waals surface area contributed by atoms with Crippen LogP contribution < -0.4 is 4.74 Å². The Morgan fingerprint density at radius 1 is 0.914 bits per heavy atom. The molecule has 2 aliphatic heterocycles. The number of nitrogens with zero attached hydrogens (tertiary/aromatic N) is 3. The second-order valence-corrected chi connectivity index (χ2v) is 10.2.